The van der Waals surface area contributed by atoms with Gasteiger partial charge in [0.1, 0.15) is 5.82 Å². The van der Waals surface area contributed by atoms with E-state index in [1.165, 1.54) is 6.07 Å². The van der Waals surface area contributed by atoms with E-state index in [1.807, 2.05) is 13.8 Å². The third kappa shape index (κ3) is 4.08. The molecule has 1 N–H and O–H groups in total. The van der Waals surface area contributed by atoms with Gasteiger partial charge in [-0.25, -0.2) is 4.39 Å². The number of methoxy groups -OCH3 is 1. The lowest BCUT2D eigenvalue weighted by atomic mass is 10.1. The van der Waals surface area contributed by atoms with Crippen molar-refractivity contribution in [2.75, 3.05) is 13.7 Å². The van der Waals surface area contributed by atoms with Gasteiger partial charge < -0.3 is 10.1 Å². The summed E-state index contributed by atoms with van der Waals surface area (Å²) in [6.07, 6.45) is 0. The zero-order valence-electron chi connectivity index (χ0n) is 9.81. The maximum absolute atomic E-state index is 13.2. The first-order chi connectivity index (χ1) is 7.44. The molecule has 0 aliphatic carbocycles. The highest BCUT2D eigenvalue weighted by molar-refractivity contribution is 6.30. The molecule has 0 aromatic heterocycles. The Hall–Kier alpha value is -0.640. The van der Waals surface area contributed by atoms with Crippen molar-refractivity contribution in [1.82, 2.24) is 5.32 Å². The fraction of sp³-hybridized carbons (Fsp3) is 0.500. The molecule has 1 rings (SSSR count). The molecule has 0 aliphatic heterocycles. The van der Waals surface area contributed by atoms with Gasteiger partial charge in [-0.1, -0.05) is 17.7 Å². The fourth-order valence-corrected chi connectivity index (χ4v) is 1.52. The molecule has 0 bridgehead atoms. The second-order valence-electron chi connectivity index (χ2n) is 4.42. The van der Waals surface area contributed by atoms with Crippen molar-refractivity contribution < 1.29 is 9.13 Å². The molecule has 0 aliphatic rings. The summed E-state index contributed by atoms with van der Waals surface area (Å²) in [5.41, 5.74) is 0.733. The highest BCUT2D eigenvalue weighted by atomic mass is 35.5. The summed E-state index contributed by atoms with van der Waals surface area (Å²) < 4.78 is 18.2. The van der Waals surface area contributed by atoms with Crippen molar-refractivity contribution >= 4 is 11.6 Å². The second kappa shape index (κ2) is 5.62. The molecule has 0 spiro atoms. The molecule has 0 atom stereocenters. The summed E-state index contributed by atoms with van der Waals surface area (Å²) in [5, 5.41) is 3.44. The van der Waals surface area contributed by atoms with E-state index in [1.54, 1.807) is 19.2 Å². The lowest BCUT2D eigenvalue weighted by molar-refractivity contribution is 0.127. The molecule has 0 amide bonds. The molecule has 4 heteroatoms. The molecule has 16 heavy (non-hydrogen) atoms. The number of hydrogen-bond acceptors (Lipinski definition) is 2. The summed E-state index contributed by atoms with van der Waals surface area (Å²) in [6, 6.07) is 4.82. The van der Waals surface area contributed by atoms with Crippen LogP contribution in [0, 0.1) is 5.82 Å². The van der Waals surface area contributed by atoms with Gasteiger partial charge in [-0.2, -0.15) is 0 Å². The van der Waals surface area contributed by atoms with E-state index in [4.69, 9.17) is 16.3 Å². The maximum Gasteiger partial charge on any atom is 0.142 e. The van der Waals surface area contributed by atoms with Crippen LogP contribution in [0.2, 0.25) is 5.02 Å². The minimum Gasteiger partial charge on any atom is -0.383 e. The topological polar surface area (TPSA) is 21.3 Å². The highest BCUT2D eigenvalue weighted by Gasteiger charge is 2.16. The molecule has 0 fully saturated rings. The summed E-state index contributed by atoms with van der Waals surface area (Å²) >= 11 is 5.61. The minimum absolute atomic E-state index is 0.134. The van der Waals surface area contributed by atoms with Crippen LogP contribution in [-0.4, -0.2) is 19.3 Å². The van der Waals surface area contributed by atoms with Crippen LogP contribution in [0.4, 0.5) is 4.39 Å². The van der Waals surface area contributed by atoms with Crippen molar-refractivity contribution in [3.63, 3.8) is 0 Å². The Morgan fingerprint density at radius 3 is 2.69 bits per heavy atom. The number of nitrogens with one attached hydrogen (secondary N) is 1. The van der Waals surface area contributed by atoms with Crippen molar-refractivity contribution in [2.45, 2.75) is 25.9 Å². The van der Waals surface area contributed by atoms with Gasteiger partial charge in [0.15, 0.2) is 0 Å². The summed E-state index contributed by atoms with van der Waals surface area (Å²) in [4.78, 5) is 0. The van der Waals surface area contributed by atoms with E-state index in [-0.39, 0.29) is 16.4 Å². The molecule has 1 aromatic rings. The Morgan fingerprint density at radius 1 is 1.44 bits per heavy atom. The maximum atomic E-state index is 13.2. The van der Waals surface area contributed by atoms with Gasteiger partial charge in [-0.15, -0.1) is 0 Å². The normalized spacial score (nSPS) is 11.8. The predicted molar refractivity (Wildman–Crippen MR) is 64.2 cm³/mol. The van der Waals surface area contributed by atoms with E-state index in [2.05, 4.69) is 5.32 Å². The molecule has 90 valence electrons. The number of ether oxygens (including phenoxy) is 1. The van der Waals surface area contributed by atoms with Crippen LogP contribution in [0.25, 0.3) is 0 Å². The smallest absolute Gasteiger partial charge is 0.142 e. The van der Waals surface area contributed by atoms with Crippen molar-refractivity contribution in [1.29, 1.82) is 0 Å². The third-order valence-electron chi connectivity index (χ3n) is 2.26. The molecular weight excluding hydrogens is 229 g/mol. The largest absolute Gasteiger partial charge is 0.383 e. The van der Waals surface area contributed by atoms with E-state index in [0.29, 0.717) is 13.2 Å². The fourth-order valence-electron chi connectivity index (χ4n) is 1.40. The third-order valence-corrected chi connectivity index (χ3v) is 2.57. The van der Waals surface area contributed by atoms with Crippen molar-refractivity contribution in [2.24, 2.45) is 0 Å². The molecule has 2 nitrogen and oxygen atoms in total. The van der Waals surface area contributed by atoms with Gasteiger partial charge in [0.25, 0.3) is 0 Å². The molecule has 0 radical (unpaired) electrons. The van der Waals surface area contributed by atoms with E-state index in [9.17, 15) is 4.39 Å². The summed E-state index contributed by atoms with van der Waals surface area (Å²) in [7, 11) is 1.66. The Balaban J connectivity index is 2.57. The number of halogens is 2. The average Bonchev–Trinajstić information content (AvgIpc) is 2.20. The number of benzene rings is 1. The van der Waals surface area contributed by atoms with Crippen LogP contribution in [0.1, 0.15) is 19.4 Å². The molecule has 1 aromatic carbocycles. The van der Waals surface area contributed by atoms with E-state index >= 15 is 0 Å². The average molecular weight is 246 g/mol. The summed E-state index contributed by atoms with van der Waals surface area (Å²) in [6.45, 7) is 5.25. The van der Waals surface area contributed by atoms with Crippen molar-refractivity contribution in [3.8, 4) is 0 Å². The first-order valence-electron chi connectivity index (χ1n) is 5.12. The van der Waals surface area contributed by atoms with Gasteiger partial charge in [-0.05, 0) is 31.5 Å². The molecular formula is C12H17ClFNO. The highest BCUT2D eigenvalue weighted by Crippen LogP contribution is 2.16. The van der Waals surface area contributed by atoms with Crippen LogP contribution < -0.4 is 5.32 Å². The SMILES string of the molecule is COCC(C)(C)NCc1ccc(Cl)c(F)c1. The Labute approximate surface area is 101 Å². The van der Waals surface area contributed by atoms with Crippen LogP contribution in [0.3, 0.4) is 0 Å². The van der Waals surface area contributed by atoms with Crippen LogP contribution in [0.5, 0.6) is 0 Å². The number of rotatable bonds is 5. The zero-order valence-corrected chi connectivity index (χ0v) is 10.6. The van der Waals surface area contributed by atoms with Crippen LogP contribution in [-0.2, 0) is 11.3 Å². The quantitative estimate of drug-likeness (QED) is 0.861. The van der Waals surface area contributed by atoms with Crippen LogP contribution >= 0.6 is 11.6 Å². The first-order valence-corrected chi connectivity index (χ1v) is 5.50. The minimum atomic E-state index is -0.384. The van der Waals surface area contributed by atoms with Crippen LogP contribution in [0.15, 0.2) is 18.2 Å². The monoisotopic (exact) mass is 245 g/mol. The van der Waals surface area contributed by atoms with Gasteiger partial charge in [0.05, 0.1) is 11.6 Å². The summed E-state index contributed by atoms with van der Waals surface area (Å²) in [5.74, 6) is -0.384. The van der Waals surface area contributed by atoms with Gasteiger partial charge in [0.2, 0.25) is 0 Å². The lowest BCUT2D eigenvalue weighted by Crippen LogP contribution is -2.42. The Bertz CT molecular complexity index is 355. The van der Waals surface area contributed by atoms with E-state index in [0.717, 1.165) is 5.56 Å². The Morgan fingerprint density at radius 2 is 2.12 bits per heavy atom. The first kappa shape index (κ1) is 13.4. The molecule has 0 unspecified atom stereocenters. The van der Waals surface area contributed by atoms with E-state index < -0.39 is 0 Å². The molecule has 0 heterocycles. The molecule has 0 saturated carbocycles. The Kier molecular flexibility index (Phi) is 4.71. The van der Waals surface area contributed by atoms with Crippen molar-refractivity contribution in [3.05, 3.63) is 34.6 Å². The predicted octanol–water partition coefficient (Wildman–Crippen LogP) is 2.99. The zero-order chi connectivity index (χ0) is 12.2. The van der Waals surface area contributed by atoms with Gasteiger partial charge in [0, 0.05) is 19.2 Å². The number of hydrogen-bond donors (Lipinski definition) is 1. The standard InChI is InChI=1S/C12H17ClFNO/c1-12(2,8-16-3)15-7-9-4-5-10(13)11(14)6-9/h4-6,15H,7-8H2,1-3H3. The lowest BCUT2D eigenvalue weighted by Gasteiger charge is -2.25. The van der Waals surface area contributed by atoms with Gasteiger partial charge >= 0.3 is 0 Å². The van der Waals surface area contributed by atoms with Gasteiger partial charge in [-0.3, -0.25) is 0 Å². The molecule has 0 saturated heterocycles. The second-order valence-corrected chi connectivity index (χ2v) is 4.83.